The molecule has 0 heterocycles. The third kappa shape index (κ3) is 4.31. The van der Waals surface area contributed by atoms with Crippen molar-refractivity contribution in [1.29, 1.82) is 0 Å². The summed E-state index contributed by atoms with van der Waals surface area (Å²) >= 11 is 0. The van der Waals surface area contributed by atoms with Gasteiger partial charge in [-0.05, 0) is 51.0 Å². The molecule has 0 saturated heterocycles. The van der Waals surface area contributed by atoms with Crippen LogP contribution in [0.4, 0.5) is 0 Å². The second-order valence-electron chi connectivity index (χ2n) is 6.14. The lowest BCUT2D eigenvalue weighted by atomic mass is 9.92. The van der Waals surface area contributed by atoms with Crippen LogP contribution in [-0.4, -0.2) is 35.1 Å². The first-order chi connectivity index (χ1) is 10.5. The summed E-state index contributed by atoms with van der Waals surface area (Å²) in [5.41, 5.74) is 1.03. The van der Waals surface area contributed by atoms with E-state index in [1.807, 2.05) is 13.8 Å². The van der Waals surface area contributed by atoms with Gasteiger partial charge in [0.1, 0.15) is 0 Å². The highest BCUT2D eigenvalue weighted by Crippen LogP contribution is 2.18. The van der Waals surface area contributed by atoms with Gasteiger partial charge in [-0.2, -0.15) is 0 Å². The zero-order valence-electron chi connectivity index (χ0n) is 13.1. The van der Waals surface area contributed by atoms with Crippen LogP contribution in [0, 0.1) is 0 Å². The van der Waals surface area contributed by atoms with E-state index in [0.717, 1.165) is 25.7 Å². The Balaban J connectivity index is 1.97. The molecule has 0 bridgehead atoms. The predicted octanol–water partition coefficient (Wildman–Crippen LogP) is 1.86. The maximum absolute atomic E-state index is 12.2. The van der Waals surface area contributed by atoms with E-state index in [1.165, 1.54) is 0 Å². The van der Waals surface area contributed by atoms with Crippen LogP contribution >= 0.6 is 0 Å². The van der Waals surface area contributed by atoms with Crippen LogP contribution < -0.4 is 10.6 Å². The van der Waals surface area contributed by atoms with E-state index in [-0.39, 0.29) is 23.9 Å². The lowest BCUT2D eigenvalue weighted by Crippen LogP contribution is -2.45. The van der Waals surface area contributed by atoms with Crippen molar-refractivity contribution in [1.82, 2.24) is 10.6 Å². The Morgan fingerprint density at radius 1 is 1.05 bits per heavy atom. The fraction of sp³-hybridized carbons (Fsp3) is 0.529. The molecule has 5 nitrogen and oxygen atoms in total. The van der Waals surface area contributed by atoms with Gasteiger partial charge in [0.15, 0.2) is 0 Å². The highest BCUT2D eigenvalue weighted by Gasteiger charge is 2.24. The summed E-state index contributed by atoms with van der Waals surface area (Å²) in [7, 11) is 0. The number of carbonyl (C=O) groups excluding carboxylic acids is 2. The Kier molecular flexibility index (Phi) is 5.55. The molecule has 3 N–H and O–H groups in total. The molecule has 1 aliphatic rings. The van der Waals surface area contributed by atoms with Crippen LogP contribution in [0.3, 0.4) is 0 Å². The fourth-order valence-electron chi connectivity index (χ4n) is 2.65. The Labute approximate surface area is 131 Å². The normalized spacial score (nSPS) is 21.5. The molecule has 1 aromatic carbocycles. The largest absolute Gasteiger partial charge is 0.391 e. The van der Waals surface area contributed by atoms with E-state index >= 15 is 0 Å². The maximum Gasteiger partial charge on any atom is 0.251 e. The number of rotatable bonds is 4. The summed E-state index contributed by atoms with van der Waals surface area (Å²) in [4.78, 5) is 24.0. The van der Waals surface area contributed by atoms with Gasteiger partial charge in [-0.25, -0.2) is 0 Å². The predicted molar refractivity (Wildman–Crippen MR) is 84.8 cm³/mol. The Morgan fingerprint density at radius 2 is 1.59 bits per heavy atom. The molecule has 1 saturated carbocycles. The summed E-state index contributed by atoms with van der Waals surface area (Å²) < 4.78 is 0. The fourth-order valence-corrected chi connectivity index (χ4v) is 2.65. The van der Waals surface area contributed by atoms with Crippen LogP contribution in [0.25, 0.3) is 0 Å². The molecule has 2 amide bonds. The van der Waals surface area contributed by atoms with Gasteiger partial charge in [-0.15, -0.1) is 0 Å². The Morgan fingerprint density at radius 3 is 2.14 bits per heavy atom. The van der Waals surface area contributed by atoms with E-state index in [1.54, 1.807) is 24.3 Å². The summed E-state index contributed by atoms with van der Waals surface area (Å²) in [5, 5.41) is 15.6. The quantitative estimate of drug-likeness (QED) is 0.794. The van der Waals surface area contributed by atoms with Gasteiger partial charge in [-0.3, -0.25) is 9.59 Å². The molecule has 5 heteroatoms. The van der Waals surface area contributed by atoms with Crippen molar-refractivity contribution in [2.75, 3.05) is 0 Å². The van der Waals surface area contributed by atoms with E-state index < -0.39 is 6.10 Å². The summed E-state index contributed by atoms with van der Waals surface area (Å²) in [6, 6.07) is 6.46. The second kappa shape index (κ2) is 7.40. The molecule has 0 aliphatic heterocycles. The van der Waals surface area contributed by atoms with E-state index in [2.05, 4.69) is 10.6 Å². The van der Waals surface area contributed by atoms with E-state index in [9.17, 15) is 14.7 Å². The summed E-state index contributed by atoms with van der Waals surface area (Å²) in [6.07, 6.45) is 3.11. The minimum atomic E-state index is -0.464. The van der Waals surface area contributed by atoms with Crippen molar-refractivity contribution in [3.8, 4) is 0 Å². The third-order valence-corrected chi connectivity index (χ3v) is 3.88. The van der Waals surface area contributed by atoms with Crippen molar-refractivity contribution >= 4 is 11.8 Å². The van der Waals surface area contributed by atoms with E-state index in [0.29, 0.717) is 11.1 Å². The molecule has 120 valence electrons. The molecular weight excluding hydrogens is 280 g/mol. The summed E-state index contributed by atoms with van der Waals surface area (Å²) in [5.74, 6) is -0.355. The number of hydrogen-bond acceptors (Lipinski definition) is 3. The molecule has 2 unspecified atom stereocenters. The Bertz CT molecular complexity index is 525. The lowest BCUT2D eigenvalue weighted by Gasteiger charge is -2.28. The highest BCUT2D eigenvalue weighted by atomic mass is 16.3. The molecular formula is C17H24N2O3. The Hall–Kier alpha value is -1.88. The first-order valence-corrected chi connectivity index (χ1v) is 7.87. The number of carbonyl (C=O) groups is 2. The van der Waals surface area contributed by atoms with Crippen molar-refractivity contribution in [3.63, 3.8) is 0 Å². The summed E-state index contributed by atoms with van der Waals surface area (Å²) in [6.45, 7) is 3.80. The lowest BCUT2D eigenvalue weighted by molar-refractivity contribution is 0.0717. The molecule has 0 aromatic heterocycles. The molecule has 1 fully saturated rings. The first-order valence-electron chi connectivity index (χ1n) is 7.87. The van der Waals surface area contributed by atoms with Crippen molar-refractivity contribution in [2.24, 2.45) is 0 Å². The minimum Gasteiger partial charge on any atom is -0.391 e. The highest BCUT2D eigenvalue weighted by molar-refractivity contribution is 5.98. The van der Waals surface area contributed by atoms with Crippen molar-refractivity contribution in [3.05, 3.63) is 35.4 Å². The van der Waals surface area contributed by atoms with Gasteiger partial charge in [0.25, 0.3) is 11.8 Å². The number of aliphatic hydroxyl groups excluding tert-OH is 1. The number of benzene rings is 1. The average molecular weight is 304 g/mol. The average Bonchev–Trinajstić information content (AvgIpc) is 2.49. The van der Waals surface area contributed by atoms with Crippen molar-refractivity contribution in [2.45, 2.75) is 57.7 Å². The second-order valence-corrected chi connectivity index (χ2v) is 6.14. The minimum absolute atomic E-state index is 0.0725. The maximum atomic E-state index is 12.2. The van der Waals surface area contributed by atoms with Crippen LogP contribution in [0.2, 0.25) is 0 Å². The zero-order valence-corrected chi connectivity index (χ0v) is 13.1. The molecule has 0 spiro atoms. The number of aliphatic hydroxyl groups is 1. The van der Waals surface area contributed by atoms with Crippen molar-refractivity contribution < 1.29 is 14.7 Å². The van der Waals surface area contributed by atoms with Gasteiger partial charge < -0.3 is 15.7 Å². The van der Waals surface area contributed by atoms with Crippen LogP contribution in [0.15, 0.2) is 24.3 Å². The van der Waals surface area contributed by atoms with E-state index in [4.69, 9.17) is 0 Å². The molecule has 2 atom stereocenters. The van der Waals surface area contributed by atoms with Gasteiger partial charge in [0.2, 0.25) is 0 Å². The monoisotopic (exact) mass is 304 g/mol. The molecule has 1 aliphatic carbocycles. The zero-order chi connectivity index (χ0) is 16.1. The van der Waals surface area contributed by atoms with Crippen LogP contribution in [-0.2, 0) is 0 Å². The molecule has 1 aromatic rings. The molecule has 2 rings (SSSR count). The smallest absolute Gasteiger partial charge is 0.251 e. The first kappa shape index (κ1) is 16.5. The third-order valence-electron chi connectivity index (χ3n) is 3.88. The van der Waals surface area contributed by atoms with Gasteiger partial charge in [-0.1, -0.05) is 12.8 Å². The standard InChI is InChI=1S/C17H24N2O3/c1-11(2)18-16(21)12-7-9-13(10-8-12)17(22)19-14-5-3-4-6-15(14)20/h7-11,14-15,20H,3-6H2,1-2H3,(H,18,21)(H,19,22). The van der Waals surface area contributed by atoms with Crippen LogP contribution in [0.1, 0.15) is 60.2 Å². The SMILES string of the molecule is CC(C)NC(=O)c1ccc(C(=O)NC2CCCCC2O)cc1. The number of hydrogen-bond donors (Lipinski definition) is 3. The molecule has 22 heavy (non-hydrogen) atoms. The van der Waals surface area contributed by atoms with Crippen LogP contribution in [0.5, 0.6) is 0 Å². The molecule has 0 radical (unpaired) electrons. The van der Waals surface area contributed by atoms with Gasteiger partial charge in [0.05, 0.1) is 12.1 Å². The number of amides is 2. The van der Waals surface area contributed by atoms with Gasteiger partial charge in [0, 0.05) is 17.2 Å². The topological polar surface area (TPSA) is 78.4 Å². The van der Waals surface area contributed by atoms with Gasteiger partial charge >= 0.3 is 0 Å². The number of nitrogens with one attached hydrogen (secondary N) is 2.